The third kappa shape index (κ3) is 2.32. The molecule has 1 atom stereocenters. The maximum atomic E-state index is 11.3. The first-order chi connectivity index (χ1) is 7.13. The van der Waals surface area contributed by atoms with Gasteiger partial charge in [0.2, 0.25) is 0 Å². The number of aliphatic carboxylic acids is 1. The highest BCUT2D eigenvalue weighted by atomic mass is 16.4. The van der Waals surface area contributed by atoms with Crippen LogP contribution in [-0.2, 0) is 4.79 Å². The molecule has 4 heteroatoms. The number of carboxylic acids is 1. The first-order valence-electron chi connectivity index (χ1n) is 5.85. The molecule has 0 amide bonds. The van der Waals surface area contributed by atoms with Crippen molar-refractivity contribution in [2.45, 2.75) is 44.2 Å². The fourth-order valence-corrected chi connectivity index (χ4v) is 2.41. The summed E-state index contributed by atoms with van der Waals surface area (Å²) in [6.07, 6.45) is 4.19. The third-order valence-corrected chi connectivity index (χ3v) is 3.68. The van der Waals surface area contributed by atoms with Crippen molar-refractivity contribution in [2.24, 2.45) is 5.92 Å². The fraction of sp³-hybridized carbons (Fsp3) is 0.909. The summed E-state index contributed by atoms with van der Waals surface area (Å²) in [6, 6.07) is 0.368. The van der Waals surface area contributed by atoms with Crippen LogP contribution in [0.25, 0.3) is 0 Å². The topological polar surface area (TPSA) is 61.4 Å². The van der Waals surface area contributed by atoms with Gasteiger partial charge in [-0.05, 0) is 51.6 Å². The van der Waals surface area contributed by atoms with E-state index >= 15 is 0 Å². The maximum absolute atomic E-state index is 11.3. The molecule has 0 aromatic rings. The largest absolute Gasteiger partial charge is 0.480 e. The molecule has 86 valence electrons. The molecule has 0 aromatic heterocycles. The Hall–Kier alpha value is -0.610. The van der Waals surface area contributed by atoms with E-state index in [1.165, 1.54) is 0 Å². The molecule has 1 heterocycles. The summed E-state index contributed by atoms with van der Waals surface area (Å²) < 4.78 is 0. The normalized spacial score (nSPS) is 27.3. The van der Waals surface area contributed by atoms with E-state index in [1.54, 1.807) is 0 Å². The van der Waals surface area contributed by atoms with Gasteiger partial charge in [0.05, 0.1) is 0 Å². The minimum Gasteiger partial charge on any atom is -0.480 e. The number of piperidine rings is 1. The van der Waals surface area contributed by atoms with Gasteiger partial charge in [0.1, 0.15) is 5.54 Å². The van der Waals surface area contributed by atoms with Crippen LogP contribution in [0.1, 0.15) is 32.6 Å². The molecule has 2 fully saturated rings. The van der Waals surface area contributed by atoms with E-state index in [0.717, 1.165) is 38.8 Å². The first kappa shape index (κ1) is 10.9. The molecule has 1 aliphatic carbocycles. The molecule has 1 saturated carbocycles. The third-order valence-electron chi connectivity index (χ3n) is 3.68. The number of hydrogen-bond acceptors (Lipinski definition) is 3. The lowest BCUT2D eigenvalue weighted by molar-refractivity contribution is -0.145. The minimum atomic E-state index is -0.692. The van der Waals surface area contributed by atoms with E-state index in [4.69, 9.17) is 0 Å². The highest BCUT2D eigenvalue weighted by Crippen LogP contribution is 2.40. The Morgan fingerprint density at radius 3 is 2.40 bits per heavy atom. The van der Waals surface area contributed by atoms with E-state index < -0.39 is 11.5 Å². The molecule has 1 aliphatic heterocycles. The number of carboxylic acid groups (broad SMARTS) is 1. The zero-order valence-electron chi connectivity index (χ0n) is 9.25. The van der Waals surface area contributed by atoms with Crippen molar-refractivity contribution in [3.05, 3.63) is 0 Å². The Labute approximate surface area is 90.4 Å². The van der Waals surface area contributed by atoms with Gasteiger partial charge in [-0.15, -0.1) is 0 Å². The van der Waals surface area contributed by atoms with Crippen LogP contribution >= 0.6 is 0 Å². The Bertz CT molecular complexity index is 247. The van der Waals surface area contributed by atoms with Crippen molar-refractivity contribution in [3.63, 3.8) is 0 Å². The Kier molecular flexibility index (Phi) is 2.98. The predicted molar refractivity (Wildman–Crippen MR) is 57.8 cm³/mol. The highest BCUT2D eigenvalue weighted by molar-refractivity contribution is 5.79. The second-order valence-electron chi connectivity index (χ2n) is 4.95. The molecule has 4 nitrogen and oxygen atoms in total. The van der Waals surface area contributed by atoms with Crippen LogP contribution in [0, 0.1) is 5.92 Å². The van der Waals surface area contributed by atoms with Gasteiger partial charge in [-0.1, -0.05) is 0 Å². The number of carbonyl (C=O) groups is 1. The highest BCUT2D eigenvalue weighted by Gasteiger charge is 2.48. The molecule has 0 spiro atoms. The number of nitrogens with one attached hydrogen (secondary N) is 2. The Morgan fingerprint density at radius 1 is 1.33 bits per heavy atom. The van der Waals surface area contributed by atoms with E-state index in [-0.39, 0.29) is 0 Å². The van der Waals surface area contributed by atoms with Crippen LogP contribution in [-0.4, -0.2) is 35.7 Å². The lowest BCUT2D eigenvalue weighted by atomic mass is 9.92. The number of hydrogen-bond donors (Lipinski definition) is 3. The predicted octanol–water partition coefficient (Wildman–Crippen LogP) is 0.581. The van der Waals surface area contributed by atoms with Gasteiger partial charge < -0.3 is 10.4 Å². The Morgan fingerprint density at radius 2 is 1.93 bits per heavy atom. The molecule has 1 unspecified atom stereocenters. The maximum Gasteiger partial charge on any atom is 0.323 e. The summed E-state index contributed by atoms with van der Waals surface area (Å²) in [5.74, 6) is -0.353. The quantitative estimate of drug-likeness (QED) is 0.638. The molecular weight excluding hydrogens is 192 g/mol. The second-order valence-corrected chi connectivity index (χ2v) is 4.95. The smallest absolute Gasteiger partial charge is 0.323 e. The van der Waals surface area contributed by atoms with Gasteiger partial charge in [-0.3, -0.25) is 10.1 Å². The van der Waals surface area contributed by atoms with E-state index in [1.807, 2.05) is 6.92 Å². The summed E-state index contributed by atoms with van der Waals surface area (Å²) in [5.41, 5.74) is -0.692. The lowest BCUT2D eigenvalue weighted by Gasteiger charge is -2.34. The summed E-state index contributed by atoms with van der Waals surface area (Å²) in [7, 11) is 0. The van der Waals surface area contributed by atoms with Crippen LogP contribution in [0.2, 0.25) is 0 Å². The van der Waals surface area contributed by atoms with Gasteiger partial charge in [0.15, 0.2) is 0 Å². The van der Waals surface area contributed by atoms with Crippen molar-refractivity contribution in [2.75, 3.05) is 13.1 Å². The molecule has 1 saturated heterocycles. The molecule has 15 heavy (non-hydrogen) atoms. The van der Waals surface area contributed by atoms with Crippen molar-refractivity contribution >= 4 is 5.97 Å². The zero-order valence-corrected chi connectivity index (χ0v) is 9.25. The molecule has 0 bridgehead atoms. The molecule has 2 rings (SSSR count). The van der Waals surface area contributed by atoms with Crippen molar-refractivity contribution < 1.29 is 9.90 Å². The summed E-state index contributed by atoms with van der Waals surface area (Å²) in [6.45, 7) is 3.84. The lowest BCUT2D eigenvalue weighted by Crippen LogP contribution is -2.57. The van der Waals surface area contributed by atoms with Gasteiger partial charge in [0, 0.05) is 6.04 Å². The van der Waals surface area contributed by atoms with Crippen molar-refractivity contribution in [3.8, 4) is 0 Å². The first-order valence-corrected chi connectivity index (χ1v) is 5.85. The average Bonchev–Trinajstić information content (AvgIpc) is 3.02. The van der Waals surface area contributed by atoms with E-state index in [2.05, 4.69) is 10.6 Å². The van der Waals surface area contributed by atoms with Crippen LogP contribution in [0.4, 0.5) is 0 Å². The monoisotopic (exact) mass is 212 g/mol. The summed E-state index contributed by atoms with van der Waals surface area (Å²) in [5, 5.41) is 15.9. The van der Waals surface area contributed by atoms with Crippen LogP contribution < -0.4 is 10.6 Å². The second kappa shape index (κ2) is 4.10. The van der Waals surface area contributed by atoms with Crippen LogP contribution in [0.3, 0.4) is 0 Å². The van der Waals surface area contributed by atoms with Crippen molar-refractivity contribution in [1.29, 1.82) is 0 Å². The van der Waals surface area contributed by atoms with Gasteiger partial charge in [0.25, 0.3) is 0 Å². The minimum absolute atomic E-state index is 0.338. The van der Waals surface area contributed by atoms with E-state index in [9.17, 15) is 9.90 Å². The number of rotatable bonds is 4. The van der Waals surface area contributed by atoms with Crippen LogP contribution in [0.5, 0.6) is 0 Å². The van der Waals surface area contributed by atoms with Gasteiger partial charge in [-0.2, -0.15) is 0 Å². The zero-order chi connectivity index (χ0) is 10.9. The van der Waals surface area contributed by atoms with Gasteiger partial charge in [-0.25, -0.2) is 0 Å². The molecule has 0 radical (unpaired) electrons. The molecule has 0 aromatic carbocycles. The molecular formula is C11H20N2O2. The average molecular weight is 212 g/mol. The summed E-state index contributed by atoms with van der Waals surface area (Å²) >= 11 is 0. The van der Waals surface area contributed by atoms with Gasteiger partial charge >= 0.3 is 5.97 Å². The Balaban J connectivity index is 1.96. The molecule has 2 aliphatic rings. The SMILES string of the molecule is CC(NC1CCNCC1)(C(=O)O)C1CC1. The van der Waals surface area contributed by atoms with E-state index in [0.29, 0.717) is 12.0 Å². The standard InChI is InChI=1S/C11H20N2O2/c1-11(10(14)15,8-2-3-8)13-9-4-6-12-7-5-9/h8-9,12-13H,2-7H2,1H3,(H,14,15). The van der Waals surface area contributed by atoms with Crippen molar-refractivity contribution in [1.82, 2.24) is 10.6 Å². The van der Waals surface area contributed by atoms with Crippen LogP contribution in [0.15, 0.2) is 0 Å². The molecule has 3 N–H and O–H groups in total. The fourth-order valence-electron chi connectivity index (χ4n) is 2.41. The summed E-state index contributed by atoms with van der Waals surface area (Å²) in [4.78, 5) is 11.3.